The first-order chi connectivity index (χ1) is 12.6. The lowest BCUT2D eigenvalue weighted by Crippen LogP contribution is -2.37. The van der Waals surface area contributed by atoms with Crippen molar-refractivity contribution in [1.29, 1.82) is 0 Å². The van der Waals surface area contributed by atoms with Crippen molar-refractivity contribution >= 4 is 23.4 Å². The third kappa shape index (κ3) is 2.99. The number of hydrogen-bond acceptors (Lipinski definition) is 5. The van der Waals surface area contributed by atoms with Gasteiger partial charge in [0.2, 0.25) is 5.91 Å². The van der Waals surface area contributed by atoms with Gasteiger partial charge in [-0.05, 0) is 37.1 Å². The van der Waals surface area contributed by atoms with Crippen LogP contribution in [-0.4, -0.2) is 37.5 Å². The zero-order valence-electron chi connectivity index (χ0n) is 14.7. The number of thioether (sulfide) groups is 1. The molecule has 0 saturated heterocycles. The normalized spacial score (nSPS) is 15.9. The fourth-order valence-corrected chi connectivity index (χ4v) is 4.10. The molecule has 4 rings (SSSR count). The van der Waals surface area contributed by atoms with Crippen LogP contribution in [0.25, 0.3) is 11.4 Å². The van der Waals surface area contributed by atoms with Crippen molar-refractivity contribution in [2.75, 3.05) is 10.7 Å². The van der Waals surface area contributed by atoms with Crippen LogP contribution < -0.4 is 4.90 Å². The molecule has 1 aliphatic heterocycles. The second-order valence-electron chi connectivity index (χ2n) is 6.34. The number of pyridine rings is 1. The summed E-state index contributed by atoms with van der Waals surface area (Å²) in [5.41, 5.74) is 3.17. The Balaban J connectivity index is 1.48. The highest BCUT2D eigenvalue weighted by Gasteiger charge is 2.30. The summed E-state index contributed by atoms with van der Waals surface area (Å²) in [4.78, 5) is 18.8. The van der Waals surface area contributed by atoms with E-state index in [0.717, 1.165) is 28.7 Å². The molecular formula is C19H19N5OS. The Bertz CT molecular complexity index is 940. The summed E-state index contributed by atoms with van der Waals surface area (Å²) < 4.78 is 1.90. The van der Waals surface area contributed by atoms with Crippen molar-refractivity contribution in [1.82, 2.24) is 19.7 Å². The van der Waals surface area contributed by atoms with E-state index in [9.17, 15) is 4.79 Å². The number of rotatable bonds is 4. The molecule has 0 radical (unpaired) electrons. The number of carbonyl (C=O) groups is 1. The van der Waals surface area contributed by atoms with Gasteiger partial charge in [0.05, 0.1) is 5.75 Å². The van der Waals surface area contributed by atoms with Crippen molar-refractivity contribution in [3.63, 3.8) is 0 Å². The van der Waals surface area contributed by atoms with E-state index < -0.39 is 0 Å². The van der Waals surface area contributed by atoms with Gasteiger partial charge in [-0.15, -0.1) is 10.2 Å². The van der Waals surface area contributed by atoms with Crippen molar-refractivity contribution in [2.24, 2.45) is 7.05 Å². The summed E-state index contributed by atoms with van der Waals surface area (Å²) in [7, 11) is 1.91. The molecule has 0 aliphatic carbocycles. The number of anilines is 1. The van der Waals surface area contributed by atoms with Crippen LogP contribution in [0.4, 0.5) is 5.69 Å². The van der Waals surface area contributed by atoms with Gasteiger partial charge in [0.25, 0.3) is 0 Å². The largest absolute Gasteiger partial charge is 0.308 e. The molecule has 1 aromatic carbocycles. The molecule has 132 valence electrons. The average Bonchev–Trinajstić information content (AvgIpc) is 3.19. The van der Waals surface area contributed by atoms with Crippen LogP contribution in [0.1, 0.15) is 12.5 Å². The quantitative estimate of drug-likeness (QED) is 0.665. The maximum Gasteiger partial charge on any atom is 0.237 e. The Kier molecular flexibility index (Phi) is 4.46. The fraction of sp³-hybridized carbons (Fsp3) is 0.263. The molecule has 1 atom stereocenters. The number of hydrogen-bond donors (Lipinski definition) is 0. The van der Waals surface area contributed by atoms with E-state index in [-0.39, 0.29) is 11.9 Å². The van der Waals surface area contributed by atoms with Crippen LogP contribution in [0.5, 0.6) is 0 Å². The SMILES string of the molecule is C[C@H]1Cc2ccccc2N1C(=O)CSc1nnc(-c2cccnc2)n1C. The minimum absolute atomic E-state index is 0.0957. The lowest BCUT2D eigenvalue weighted by molar-refractivity contribution is -0.116. The zero-order valence-corrected chi connectivity index (χ0v) is 15.5. The third-order valence-corrected chi connectivity index (χ3v) is 5.56. The fourth-order valence-electron chi connectivity index (χ4n) is 3.33. The van der Waals surface area contributed by atoms with E-state index in [1.165, 1.54) is 17.3 Å². The molecule has 1 aliphatic rings. The van der Waals surface area contributed by atoms with Gasteiger partial charge in [0, 0.05) is 36.7 Å². The maximum atomic E-state index is 12.8. The average molecular weight is 365 g/mol. The Labute approximate surface area is 156 Å². The summed E-state index contributed by atoms with van der Waals surface area (Å²) in [5.74, 6) is 1.17. The van der Waals surface area contributed by atoms with Gasteiger partial charge in [-0.3, -0.25) is 9.78 Å². The molecule has 6 nitrogen and oxygen atoms in total. The van der Waals surface area contributed by atoms with E-state index >= 15 is 0 Å². The molecule has 0 bridgehead atoms. The number of amides is 1. The van der Waals surface area contributed by atoms with Crippen molar-refractivity contribution < 1.29 is 4.79 Å². The Hall–Kier alpha value is -2.67. The first-order valence-electron chi connectivity index (χ1n) is 8.47. The summed E-state index contributed by atoms with van der Waals surface area (Å²) >= 11 is 1.41. The Morgan fingerprint density at radius 2 is 2.08 bits per heavy atom. The van der Waals surface area contributed by atoms with Gasteiger partial charge >= 0.3 is 0 Å². The van der Waals surface area contributed by atoms with E-state index in [4.69, 9.17) is 0 Å². The highest BCUT2D eigenvalue weighted by Crippen LogP contribution is 2.33. The predicted octanol–water partition coefficient (Wildman–Crippen LogP) is 2.95. The van der Waals surface area contributed by atoms with Gasteiger partial charge in [-0.25, -0.2) is 0 Å². The number of aromatic nitrogens is 4. The van der Waals surface area contributed by atoms with Crippen LogP contribution in [0.3, 0.4) is 0 Å². The van der Waals surface area contributed by atoms with Gasteiger partial charge in [0.1, 0.15) is 0 Å². The molecule has 7 heteroatoms. The lowest BCUT2D eigenvalue weighted by atomic mass is 10.1. The summed E-state index contributed by atoms with van der Waals surface area (Å²) in [5, 5.41) is 9.19. The van der Waals surface area contributed by atoms with Gasteiger partial charge in [0.15, 0.2) is 11.0 Å². The smallest absolute Gasteiger partial charge is 0.237 e. The van der Waals surface area contributed by atoms with E-state index in [0.29, 0.717) is 5.75 Å². The standard InChI is InChI=1S/C19H19N5OS/c1-13-10-14-6-3-4-8-16(14)24(13)17(25)12-26-19-22-21-18(23(19)2)15-7-5-9-20-11-15/h3-9,11,13H,10,12H2,1-2H3/t13-/m0/s1. The number of carbonyl (C=O) groups excluding carboxylic acids is 1. The second kappa shape index (κ2) is 6.92. The van der Waals surface area contributed by atoms with Gasteiger partial charge in [-0.1, -0.05) is 30.0 Å². The molecule has 0 fully saturated rings. The minimum atomic E-state index is 0.0957. The van der Waals surface area contributed by atoms with Crippen LogP contribution in [-0.2, 0) is 18.3 Å². The second-order valence-corrected chi connectivity index (χ2v) is 7.28. The molecule has 0 spiro atoms. The predicted molar refractivity (Wildman–Crippen MR) is 102 cm³/mol. The van der Waals surface area contributed by atoms with Crippen molar-refractivity contribution in [3.05, 3.63) is 54.4 Å². The Morgan fingerprint density at radius 1 is 1.23 bits per heavy atom. The summed E-state index contributed by atoms with van der Waals surface area (Å²) in [6, 6.07) is 12.1. The van der Waals surface area contributed by atoms with E-state index in [2.05, 4.69) is 28.2 Å². The molecule has 3 heterocycles. The number of benzene rings is 1. The van der Waals surface area contributed by atoms with Gasteiger partial charge < -0.3 is 9.47 Å². The molecule has 3 aromatic rings. The number of para-hydroxylation sites is 1. The maximum absolute atomic E-state index is 12.8. The monoisotopic (exact) mass is 365 g/mol. The van der Waals surface area contributed by atoms with Crippen LogP contribution in [0.2, 0.25) is 0 Å². The highest BCUT2D eigenvalue weighted by molar-refractivity contribution is 7.99. The van der Waals surface area contributed by atoms with E-state index in [1.807, 2.05) is 46.8 Å². The van der Waals surface area contributed by atoms with E-state index in [1.54, 1.807) is 12.4 Å². The third-order valence-electron chi connectivity index (χ3n) is 4.56. The van der Waals surface area contributed by atoms with Gasteiger partial charge in [-0.2, -0.15) is 0 Å². The van der Waals surface area contributed by atoms with Crippen LogP contribution in [0, 0.1) is 0 Å². The van der Waals surface area contributed by atoms with Crippen molar-refractivity contribution in [3.8, 4) is 11.4 Å². The van der Waals surface area contributed by atoms with Crippen LogP contribution >= 0.6 is 11.8 Å². The molecule has 2 aromatic heterocycles. The topological polar surface area (TPSA) is 63.9 Å². The zero-order chi connectivity index (χ0) is 18.1. The Morgan fingerprint density at radius 3 is 2.88 bits per heavy atom. The number of fused-ring (bicyclic) bond motifs is 1. The highest BCUT2D eigenvalue weighted by atomic mass is 32.2. The molecule has 26 heavy (non-hydrogen) atoms. The molecule has 0 N–H and O–H groups in total. The summed E-state index contributed by atoms with van der Waals surface area (Å²) in [6.45, 7) is 2.09. The molecule has 0 unspecified atom stereocenters. The first kappa shape index (κ1) is 16.8. The molecule has 1 amide bonds. The van der Waals surface area contributed by atoms with Crippen LogP contribution in [0.15, 0.2) is 53.9 Å². The van der Waals surface area contributed by atoms with Crippen molar-refractivity contribution in [2.45, 2.75) is 24.5 Å². The first-order valence-corrected chi connectivity index (χ1v) is 9.46. The lowest BCUT2D eigenvalue weighted by Gasteiger charge is -2.22. The summed E-state index contributed by atoms with van der Waals surface area (Å²) in [6.07, 6.45) is 4.39. The molecular weight excluding hydrogens is 346 g/mol. The number of nitrogens with zero attached hydrogens (tertiary/aromatic N) is 5. The minimum Gasteiger partial charge on any atom is -0.308 e. The molecule has 0 saturated carbocycles.